The van der Waals surface area contributed by atoms with Gasteiger partial charge < -0.3 is 0 Å². The van der Waals surface area contributed by atoms with Crippen LogP contribution >= 0.6 is 0 Å². The summed E-state index contributed by atoms with van der Waals surface area (Å²) in [6.07, 6.45) is 4.41. The van der Waals surface area contributed by atoms with Gasteiger partial charge in [0.25, 0.3) is 0 Å². The summed E-state index contributed by atoms with van der Waals surface area (Å²) in [5, 5.41) is 0. The molecule has 7 aliphatic rings. The molecule has 0 unspecified atom stereocenters. The highest BCUT2D eigenvalue weighted by Crippen LogP contribution is 3.03. The van der Waals surface area contributed by atoms with E-state index < -0.39 is 0 Å². The Balaban J connectivity index is 1.68. The van der Waals surface area contributed by atoms with E-state index in [0.29, 0.717) is 30.1 Å². The van der Waals surface area contributed by atoms with Crippen LogP contribution in [0, 0.1) is 34.5 Å². The fourth-order valence-electron chi connectivity index (χ4n) is 7.67. The molecule has 2 aliphatic heterocycles. The van der Waals surface area contributed by atoms with E-state index in [-0.39, 0.29) is 40.1 Å². The second-order valence-electron chi connectivity index (χ2n) is 7.86. The van der Waals surface area contributed by atoms with Gasteiger partial charge in [-0.05, 0) is 29.7 Å². The monoisotopic (exact) mass is 283 g/mol. The molecular weight excluding hydrogens is 270 g/mol. The van der Waals surface area contributed by atoms with Crippen molar-refractivity contribution in [2.45, 2.75) is 18.5 Å². The first-order valence-electron chi connectivity index (χ1n) is 7.69. The van der Waals surface area contributed by atoms with Crippen LogP contribution in [-0.4, -0.2) is 19.7 Å². The van der Waals surface area contributed by atoms with Crippen LogP contribution < -0.4 is 11.4 Å². The van der Waals surface area contributed by atoms with E-state index >= 15 is 0 Å². The van der Waals surface area contributed by atoms with Crippen LogP contribution in [0.1, 0.15) is 18.5 Å². The van der Waals surface area contributed by atoms with Crippen LogP contribution in [0.5, 0.6) is 0 Å². The molecule has 8 rings (SSSR count). The van der Waals surface area contributed by atoms with Crippen LogP contribution in [0.2, 0.25) is 0 Å². The number of allylic oxidation sites excluding steroid dienone is 2. The first kappa shape index (κ1) is 9.97. The van der Waals surface area contributed by atoms with Gasteiger partial charge in [0.05, 0.1) is 12.1 Å². The molecule has 1 aromatic rings. The predicted molar refractivity (Wildman–Crippen MR) is 69.6 cm³/mol. The quantitative estimate of drug-likeness (QED) is 0.642. The van der Waals surface area contributed by atoms with Gasteiger partial charge in [-0.15, -0.1) is 0 Å². The van der Waals surface area contributed by atoms with E-state index in [2.05, 4.69) is 6.08 Å². The summed E-state index contributed by atoms with van der Waals surface area (Å²) in [6, 6.07) is 0.200. The van der Waals surface area contributed by atoms with Crippen LogP contribution in [-0.2, 0) is 11.8 Å². The summed E-state index contributed by atoms with van der Waals surface area (Å²) in [6.45, 7) is 0. The van der Waals surface area contributed by atoms with Crippen molar-refractivity contribution in [3.05, 3.63) is 33.1 Å². The molecule has 8 atom stereocenters. The van der Waals surface area contributed by atoms with Crippen molar-refractivity contribution in [3.63, 3.8) is 0 Å². The number of nitrogens with zero attached hydrogens (tertiary/aromatic N) is 3. The molecule has 0 N–H and O–H groups in total. The highest BCUT2D eigenvalue weighted by Gasteiger charge is 3.03. The summed E-state index contributed by atoms with van der Waals surface area (Å²) in [7, 11) is 1.56. The van der Waals surface area contributed by atoms with E-state index in [0.717, 1.165) is 0 Å². The molecule has 2 bridgehead atoms. The van der Waals surface area contributed by atoms with Gasteiger partial charge in [0, 0.05) is 24.3 Å². The maximum atomic E-state index is 12.5. The third kappa shape index (κ3) is 0.582. The van der Waals surface area contributed by atoms with Crippen LogP contribution in [0.4, 0.5) is 0 Å². The number of aromatic nitrogens is 3. The standard InChI is InChI=1S/C15H13N3O3/c1-16-12(20)17-10-7-6-8(7)11(18(17)13(16)21)15-4-5(19)2-3-14(10,15)9(6)15/h2-3,6-11H,4H2,1H3/t6-,7+,8+,9+,10-,11-,14+,15-/m1/s1. The fourth-order valence-corrected chi connectivity index (χ4v) is 7.67. The van der Waals surface area contributed by atoms with Crippen molar-refractivity contribution in [1.29, 1.82) is 0 Å². The van der Waals surface area contributed by atoms with Gasteiger partial charge in [-0.25, -0.2) is 23.5 Å². The minimum absolute atomic E-state index is 0.00722. The van der Waals surface area contributed by atoms with E-state index in [1.807, 2.05) is 0 Å². The summed E-state index contributed by atoms with van der Waals surface area (Å²) in [5.41, 5.74) is -0.407. The minimum atomic E-state index is -0.198. The maximum absolute atomic E-state index is 12.5. The molecule has 0 saturated heterocycles. The molecule has 4 fully saturated rings. The van der Waals surface area contributed by atoms with Gasteiger partial charge in [-0.3, -0.25) is 4.79 Å². The molecule has 0 radical (unpaired) electrons. The number of hydrogen-bond acceptors (Lipinski definition) is 3. The van der Waals surface area contributed by atoms with Gasteiger partial charge in [-0.2, -0.15) is 0 Å². The van der Waals surface area contributed by atoms with Crippen molar-refractivity contribution < 1.29 is 4.79 Å². The van der Waals surface area contributed by atoms with Crippen molar-refractivity contribution in [3.8, 4) is 0 Å². The van der Waals surface area contributed by atoms with E-state index in [1.165, 1.54) is 4.57 Å². The largest absolute Gasteiger partial charge is 0.347 e. The molecule has 106 valence electrons. The Bertz CT molecular complexity index is 964. The topological polar surface area (TPSA) is 66.0 Å². The van der Waals surface area contributed by atoms with Crippen LogP contribution in [0.15, 0.2) is 21.7 Å². The molecule has 0 amide bonds. The summed E-state index contributed by atoms with van der Waals surface area (Å²) < 4.78 is 4.71. The zero-order valence-electron chi connectivity index (χ0n) is 11.4. The molecule has 3 heterocycles. The SMILES string of the molecule is Cn1c(=O)n2n(c1=O)[C@@H]1[C@@H]3[C@@H]4[C@H]3[C@H]3[C@@]5(C=CC(=O)C[C@]135)[C@@H]42. The third-order valence-corrected chi connectivity index (χ3v) is 7.85. The van der Waals surface area contributed by atoms with Crippen molar-refractivity contribution in [2.75, 3.05) is 0 Å². The Morgan fingerprint density at radius 1 is 1.05 bits per heavy atom. The number of carbonyl (C=O) groups excluding carboxylic acids is 1. The lowest BCUT2D eigenvalue weighted by Gasteiger charge is -2.48. The number of rotatable bonds is 0. The minimum Gasteiger partial charge on any atom is -0.295 e. The fraction of sp³-hybridized carbons (Fsp3) is 0.667. The van der Waals surface area contributed by atoms with Gasteiger partial charge >= 0.3 is 11.4 Å². The molecule has 6 heteroatoms. The first-order valence-corrected chi connectivity index (χ1v) is 7.69. The lowest BCUT2D eigenvalue weighted by Crippen LogP contribution is -2.53. The molecule has 4 saturated carbocycles. The third-order valence-electron chi connectivity index (χ3n) is 7.85. The second-order valence-corrected chi connectivity index (χ2v) is 7.86. The summed E-state index contributed by atoms with van der Waals surface area (Å²) >= 11 is 0. The summed E-state index contributed by atoms with van der Waals surface area (Å²) in [4.78, 5) is 37.0. The highest BCUT2D eigenvalue weighted by molar-refractivity contribution is 5.93. The predicted octanol–water partition coefficient (Wildman–Crippen LogP) is -0.535. The van der Waals surface area contributed by atoms with Crippen molar-refractivity contribution in [1.82, 2.24) is 13.9 Å². The normalized spacial score (nSPS) is 58.2. The Morgan fingerprint density at radius 2 is 1.71 bits per heavy atom. The first-order chi connectivity index (χ1) is 10.1. The van der Waals surface area contributed by atoms with Crippen LogP contribution in [0.3, 0.4) is 0 Å². The smallest absolute Gasteiger partial charge is 0.295 e. The van der Waals surface area contributed by atoms with Crippen LogP contribution in [0.25, 0.3) is 0 Å². The second kappa shape index (κ2) is 2.21. The number of ketones is 1. The highest BCUT2D eigenvalue weighted by atomic mass is 16.2. The van der Waals surface area contributed by atoms with E-state index in [4.69, 9.17) is 0 Å². The Hall–Kier alpha value is -1.85. The zero-order chi connectivity index (χ0) is 14.0. The van der Waals surface area contributed by atoms with Crippen molar-refractivity contribution >= 4 is 5.78 Å². The molecule has 0 aromatic carbocycles. The van der Waals surface area contributed by atoms with Gasteiger partial charge in [0.2, 0.25) is 0 Å². The molecule has 5 aliphatic carbocycles. The maximum Gasteiger partial charge on any atom is 0.347 e. The van der Waals surface area contributed by atoms with Crippen molar-refractivity contribution in [2.24, 2.45) is 41.5 Å². The average molecular weight is 283 g/mol. The lowest BCUT2D eigenvalue weighted by molar-refractivity contribution is -0.119. The van der Waals surface area contributed by atoms with Gasteiger partial charge in [0.15, 0.2) is 5.78 Å². The van der Waals surface area contributed by atoms with Gasteiger partial charge in [-0.1, -0.05) is 6.08 Å². The molecular formula is C15H13N3O3. The lowest BCUT2D eigenvalue weighted by atomic mass is 9.67. The van der Waals surface area contributed by atoms with Gasteiger partial charge in [0.1, 0.15) is 0 Å². The zero-order valence-corrected chi connectivity index (χ0v) is 11.4. The van der Waals surface area contributed by atoms with E-state index in [9.17, 15) is 14.4 Å². The summed E-state index contributed by atoms with van der Waals surface area (Å²) in [5.74, 6) is 2.48. The molecule has 6 nitrogen and oxygen atoms in total. The molecule has 2 spiro atoms. The number of hydrogen-bond donors (Lipinski definition) is 0. The Morgan fingerprint density at radius 3 is 2.48 bits per heavy atom. The molecule has 21 heavy (non-hydrogen) atoms. The Kier molecular flexibility index (Phi) is 1.05. The average Bonchev–Trinajstić information content (AvgIpc) is 3.23. The number of carbonyl (C=O) groups is 1. The molecule has 1 aromatic heterocycles. The Labute approximate surface area is 118 Å². The van der Waals surface area contributed by atoms with E-state index in [1.54, 1.807) is 22.5 Å².